The number of pyridine rings is 2. The van der Waals surface area contributed by atoms with Crippen molar-refractivity contribution in [3.63, 3.8) is 0 Å². The number of hydrogen-bond acceptors (Lipinski definition) is 7. The van der Waals surface area contributed by atoms with Gasteiger partial charge >= 0.3 is 0 Å². The number of rotatable bonds is 6. The molecule has 7 aromatic rings. The van der Waals surface area contributed by atoms with Crippen LogP contribution in [-0.2, 0) is 9.47 Å². The van der Waals surface area contributed by atoms with E-state index in [0.717, 1.165) is 70.8 Å². The molecular formula is C46H40Cl3F2N5O2. The molecule has 296 valence electrons. The van der Waals surface area contributed by atoms with Crippen molar-refractivity contribution >= 4 is 79.4 Å². The summed E-state index contributed by atoms with van der Waals surface area (Å²) in [5.41, 5.74) is 9.06. The molecule has 0 amide bonds. The van der Waals surface area contributed by atoms with E-state index in [1.165, 1.54) is 12.1 Å². The maximum atomic E-state index is 14.9. The second-order valence-electron chi connectivity index (χ2n) is 14.1. The molecular weight excluding hydrogens is 799 g/mol. The Morgan fingerprint density at radius 2 is 1.22 bits per heavy atom. The zero-order valence-electron chi connectivity index (χ0n) is 32.0. The number of halogens is 5. The van der Waals surface area contributed by atoms with E-state index in [1.54, 1.807) is 48.5 Å². The highest BCUT2D eigenvalue weighted by molar-refractivity contribution is 6.38. The molecule has 0 spiro atoms. The zero-order valence-corrected chi connectivity index (χ0v) is 34.2. The predicted octanol–water partition coefficient (Wildman–Crippen LogP) is 12.1. The molecule has 2 aromatic heterocycles. The van der Waals surface area contributed by atoms with Crippen LogP contribution in [0.1, 0.15) is 11.1 Å². The van der Waals surface area contributed by atoms with Crippen LogP contribution in [0.15, 0.2) is 103 Å². The molecule has 7 nitrogen and oxygen atoms in total. The van der Waals surface area contributed by atoms with Crippen molar-refractivity contribution in [2.45, 2.75) is 13.8 Å². The van der Waals surface area contributed by atoms with Crippen LogP contribution in [0.3, 0.4) is 0 Å². The third-order valence-electron chi connectivity index (χ3n) is 10.5. The smallest absolute Gasteiger partial charge is 0.132 e. The van der Waals surface area contributed by atoms with Crippen LogP contribution in [0.5, 0.6) is 0 Å². The van der Waals surface area contributed by atoms with Gasteiger partial charge in [-0.05, 0) is 97.8 Å². The minimum atomic E-state index is -0.313. The average Bonchev–Trinajstić information content (AvgIpc) is 3.25. The van der Waals surface area contributed by atoms with Gasteiger partial charge in [0.25, 0.3) is 0 Å². The highest BCUT2D eigenvalue weighted by atomic mass is 35.5. The van der Waals surface area contributed by atoms with E-state index < -0.39 is 0 Å². The summed E-state index contributed by atoms with van der Waals surface area (Å²) in [6, 6.07) is 30.8. The van der Waals surface area contributed by atoms with Crippen molar-refractivity contribution in [3.05, 3.63) is 141 Å². The van der Waals surface area contributed by atoms with Crippen molar-refractivity contribution in [1.82, 2.24) is 9.97 Å². The Hall–Kier alpha value is -5.03. The first-order valence-electron chi connectivity index (χ1n) is 19.1. The summed E-state index contributed by atoms with van der Waals surface area (Å²) >= 11 is 19.1. The summed E-state index contributed by atoms with van der Waals surface area (Å²) in [6.45, 7) is 9.90. The second-order valence-corrected chi connectivity index (χ2v) is 15.4. The lowest BCUT2D eigenvalue weighted by atomic mass is 10.0. The number of aromatic nitrogens is 2. The summed E-state index contributed by atoms with van der Waals surface area (Å²) < 4.78 is 40.1. The van der Waals surface area contributed by atoms with Gasteiger partial charge in [0.1, 0.15) is 11.6 Å². The number of morpholine rings is 2. The molecule has 0 radical (unpaired) electrons. The van der Waals surface area contributed by atoms with Gasteiger partial charge < -0.3 is 24.6 Å². The molecule has 1 N–H and O–H groups in total. The van der Waals surface area contributed by atoms with Crippen molar-refractivity contribution in [3.8, 4) is 22.5 Å². The van der Waals surface area contributed by atoms with Gasteiger partial charge in [0.2, 0.25) is 0 Å². The lowest BCUT2D eigenvalue weighted by Gasteiger charge is -2.33. The van der Waals surface area contributed by atoms with E-state index in [1.807, 2.05) is 38.1 Å². The predicted molar refractivity (Wildman–Crippen MR) is 235 cm³/mol. The van der Waals surface area contributed by atoms with Crippen molar-refractivity contribution in [2.75, 3.05) is 67.7 Å². The van der Waals surface area contributed by atoms with E-state index >= 15 is 0 Å². The summed E-state index contributed by atoms with van der Waals surface area (Å²) in [7, 11) is 0. The van der Waals surface area contributed by atoms with Gasteiger partial charge in [0.05, 0.1) is 76.0 Å². The van der Waals surface area contributed by atoms with E-state index in [2.05, 4.69) is 38.3 Å². The first kappa shape index (κ1) is 39.8. The Labute approximate surface area is 351 Å². The monoisotopic (exact) mass is 837 g/mol. The molecule has 0 unspecified atom stereocenters. The first-order valence-corrected chi connectivity index (χ1v) is 20.2. The van der Waals surface area contributed by atoms with Gasteiger partial charge in [-0.1, -0.05) is 65.1 Å². The third-order valence-corrected chi connectivity index (χ3v) is 11.6. The Morgan fingerprint density at radius 1 is 0.621 bits per heavy atom. The normalized spacial score (nSPS) is 14.4. The largest absolute Gasteiger partial charge is 0.378 e. The lowest BCUT2D eigenvalue weighted by Crippen LogP contribution is -2.37. The van der Waals surface area contributed by atoms with E-state index in [9.17, 15) is 8.78 Å². The minimum Gasteiger partial charge on any atom is -0.378 e. The number of ether oxygens (including phenoxy) is 2. The van der Waals surface area contributed by atoms with Crippen molar-refractivity contribution < 1.29 is 18.3 Å². The number of nitrogens with zero attached hydrogens (tertiary/aromatic N) is 4. The SMILES string of the molecule is Cc1c(-c2ccccc2F)nc2ccc(Cl)cc2c1Cl.Cc1c(-c2ccccc2F)nc2cccc(Cl)c2c1Nc1cc(N2CCOCC2)ccc1N1CCOCC1. The van der Waals surface area contributed by atoms with Crippen molar-refractivity contribution in [2.24, 2.45) is 0 Å². The minimum absolute atomic E-state index is 0.307. The van der Waals surface area contributed by atoms with E-state index in [-0.39, 0.29) is 11.6 Å². The molecule has 4 heterocycles. The van der Waals surface area contributed by atoms with Crippen LogP contribution < -0.4 is 15.1 Å². The third kappa shape index (κ3) is 8.15. The Balaban J connectivity index is 0.000000197. The molecule has 12 heteroatoms. The van der Waals surface area contributed by atoms with Crippen molar-refractivity contribution in [1.29, 1.82) is 0 Å². The van der Waals surface area contributed by atoms with Gasteiger partial charge in [0.15, 0.2) is 0 Å². The van der Waals surface area contributed by atoms with E-state index in [4.69, 9.17) is 49.3 Å². The highest BCUT2D eigenvalue weighted by Crippen LogP contribution is 2.42. The number of fused-ring (bicyclic) bond motifs is 2. The van der Waals surface area contributed by atoms with Gasteiger partial charge in [0, 0.05) is 58.8 Å². The fraction of sp³-hybridized carbons (Fsp3) is 0.217. The molecule has 2 aliphatic heterocycles. The molecule has 2 saturated heterocycles. The molecule has 9 rings (SSSR count). The van der Waals surface area contributed by atoms with Gasteiger partial charge in [-0.3, -0.25) is 0 Å². The fourth-order valence-corrected chi connectivity index (χ4v) is 8.18. The summed E-state index contributed by atoms with van der Waals surface area (Å²) in [5.74, 6) is -0.619. The molecule has 58 heavy (non-hydrogen) atoms. The maximum Gasteiger partial charge on any atom is 0.132 e. The van der Waals surface area contributed by atoms with Gasteiger partial charge in [-0.25, -0.2) is 18.7 Å². The van der Waals surface area contributed by atoms with Gasteiger partial charge in [-0.2, -0.15) is 0 Å². The molecule has 0 bridgehead atoms. The summed E-state index contributed by atoms with van der Waals surface area (Å²) in [5, 5.41) is 7.08. The van der Waals surface area contributed by atoms with Crippen LogP contribution in [0.25, 0.3) is 44.3 Å². The van der Waals surface area contributed by atoms with Crippen LogP contribution >= 0.6 is 34.8 Å². The van der Waals surface area contributed by atoms with Gasteiger partial charge in [-0.15, -0.1) is 0 Å². The summed E-state index contributed by atoms with van der Waals surface area (Å²) in [6.07, 6.45) is 0. The zero-order chi connectivity index (χ0) is 40.3. The Kier molecular flexibility index (Phi) is 12.0. The van der Waals surface area contributed by atoms with Crippen LogP contribution in [0, 0.1) is 25.5 Å². The molecule has 5 aromatic carbocycles. The Bertz CT molecular complexity index is 2630. The number of nitrogens with one attached hydrogen (secondary N) is 1. The topological polar surface area (TPSA) is 62.8 Å². The maximum absolute atomic E-state index is 14.9. The molecule has 2 aliphatic rings. The average molecular weight is 839 g/mol. The molecule has 0 aliphatic carbocycles. The highest BCUT2D eigenvalue weighted by Gasteiger charge is 2.23. The number of anilines is 4. The number of hydrogen-bond donors (Lipinski definition) is 1. The quantitative estimate of drug-likeness (QED) is 0.179. The van der Waals surface area contributed by atoms with Crippen LogP contribution in [0.4, 0.5) is 31.5 Å². The molecule has 0 atom stereocenters. The second kappa shape index (κ2) is 17.4. The lowest BCUT2D eigenvalue weighted by molar-refractivity contribution is 0.122. The first-order chi connectivity index (χ1) is 28.2. The van der Waals surface area contributed by atoms with Crippen LogP contribution in [-0.4, -0.2) is 62.6 Å². The molecule has 2 fully saturated rings. The number of benzene rings is 5. The standard InChI is InChI=1S/C30H30ClFN4O2.C16H10Cl2FN/c1-20-29(22-5-2-3-7-24(22)32)33-25-8-4-6-23(31)28(25)30(20)34-26-19-21(35-11-15-37-16-12-35)9-10-27(26)36-13-17-38-18-14-36;1-9-15(18)12-8-10(17)6-7-14(12)20-16(9)11-4-2-3-5-13(11)19/h2-10,19H,11-18H2,1H3,(H,33,34);2-8H,1H3. The molecule has 0 saturated carbocycles. The Morgan fingerprint density at radius 3 is 1.88 bits per heavy atom. The van der Waals surface area contributed by atoms with E-state index in [0.29, 0.717) is 75.0 Å². The fourth-order valence-electron chi connectivity index (χ4n) is 7.50. The summed E-state index contributed by atoms with van der Waals surface area (Å²) in [4.78, 5) is 14.1. The van der Waals surface area contributed by atoms with Crippen LogP contribution in [0.2, 0.25) is 15.1 Å².